The smallest absolute Gasteiger partial charge is 0.228 e. The average molecular weight is 450 g/mol. The van der Waals surface area contributed by atoms with Crippen LogP contribution in [0.3, 0.4) is 0 Å². The van der Waals surface area contributed by atoms with Gasteiger partial charge in [0.25, 0.3) is 0 Å². The molecular weight excluding hydrogens is 425 g/mol. The van der Waals surface area contributed by atoms with Gasteiger partial charge in [0, 0.05) is 36.5 Å². The Kier molecular flexibility index (Phi) is 5.67. The molecule has 1 aliphatic heterocycles. The summed E-state index contributed by atoms with van der Waals surface area (Å²) >= 11 is 1.67. The van der Waals surface area contributed by atoms with Gasteiger partial charge in [0.1, 0.15) is 5.82 Å². The van der Waals surface area contributed by atoms with Gasteiger partial charge >= 0.3 is 0 Å². The largest absolute Gasteiger partial charge is 0.317 e. The molecule has 0 atom stereocenters. The third kappa shape index (κ3) is 4.26. The summed E-state index contributed by atoms with van der Waals surface area (Å²) in [7, 11) is 1.90. The number of halogens is 1. The molecule has 1 fully saturated rings. The number of hydrogen-bond acceptors (Lipinski definition) is 7. The normalized spacial score (nSPS) is 14.6. The standard InChI is InChI=1S/C23H24FN7S/c1-14-13-19(30-31(14)2)28-23-26-12-9-18(27-23)21-20(15-3-5-17(24)6-4-15)29-22(32-21)16-7-10-25-11-8-16/h3-6,9,12-13,16,25H,7-8,10-11H2,1-2H3,(H,26,27,28,30). The molecule has 0 bridgehead atoms. The molecule has 3 aromatic heterocycles. The summed E-state index contributed by atoms with van der Waals surface area (Å²) < 4.78 is 15.3. The lowest BCUT2D eigenvalue weighted by molar-refractivity contribution is 0.459. The highest BCUT2D eigenvalue weighted by molar-refractivity contribution is 7.15. The first-order valence-electron chi connectivity index (χ1n) is 10.7. The molecule has 0 spiro atoms. The van der Waals surface area contributed by atoms with Crippen LogP contribution in [0.15, 0.2) is 42.6 Å². The maximum Gasteiger partial charge on any atom is 0.228 e. The zero-order valence-corrected chi connectivity index (χ0v) is 18.8. The van der Waals surface area contributed by atoms with E-state index in [2.05, 4.69) is 20.7 Å². The molecule has 32 heavy (non-hydrogen) atoms. The van der Waals surface area contributed by atoms with Crippen LogP contribution in [0.2, 0.25) is 0 Å². The molecule has 164 valence electrons. The predicted octanol–water partition coefficient (Wildman–Crippen LogP) is 4.66. The summed E-state index contributed by atoms with van der Waals surface area (Å²) in [5, 5.41) is 12.1. The van der Waals surface area contributed by atoms with E-state index in [1.54, 1.807) is 34.3 Å². The second-order valence-corrected chi connectivity index (χ2v) is 8.98. The Hall–Kier alpha value is -3.17. The first-order chi connectivity index (χ1) is 15.6. The lowest BCUT2D eigenvalue weighted by Crippen LogP contribution is -2.26. The Labute approximate surface area is 189 Å². The summed E-state index contributed by atoms with van der Waals surface area (Å²) in [6.45, 7) is 3.98. The number of aromatic nitrogens is 5. The van der Waals surface area contributed by atoms with Gasteiger partial charge in [-0.2, -0.15) is 5.10 Å². The second-order valence-electron chi connectivity index (χ2n) is 7.95. The van der Waals surface area contributed by atoms with Gasteiger partial charge in [-0.05, 0) is 63.2 Å². The van der Waals surface area contributed by atoms with Gasteiger partial charge in [-0.25, -0.2) is 19.3 Å². The second kappa shape index (κ2) is 8.76. The number of nitrogens with one attached hydrogen (secondary N) is 2. The number of thiazole rings is 1. The van der Waals surface area contributed by atoms with E-state index in [-0.39, 0.29) is 5.82 Å². The van der Waals surface area contributed by atoms with Crippen LogP contribution in [0.5, 0.6) is 0 Å². The first-order valence-corrected chi connectivity index (χ1v) is 11.5. The Morgan fingerprint density at radius 3 is 2.62 bits per heavy atom. The number of piperidine rings is 1. The SMILES string of the molecule is Cc1cc(Nc2nccc(-c3sc(C4CCNCC4)nc3-c3ccc(F)cc3)n2)nn1C. The Bertz CT molecular complexity index is 1210. The minimum atomic E-state index is -0.261. The fraction of sp³-hybridized carbons (Fsp3) is 0.304. The summed E-state index contributed by atoms with van der Waals surface area (Å²) in [6, 6.07) is 10.3. The van der Waals surface area contributed by atoms with Gasteiger partial charge in [-0.1, -0.05) is 0 Å². The van der Waals surface area contributed by atoms with Crippen LogP contribution in [-0.4, -0.2) is 37.8 Å². The van der Waals surface area contributed by atoms with Gasteiger partial charge in [0.2, 0.25) is 5.95 Å². The van der Waals surface area contributed by atoms with Crippen molar-refractivity contribution in [1.82, 2.24) is 30.0 Å². The van der Waals surface area contributed by atoms with Crippen LogP contribution in [-0.2, 0) is 7.05 Å². The molecule has 0 amide bonds. The minimum absolute atomic E-state index is 0.261. The van der Waals surface area contributed by atoms with E-state index in [9.17, 15) is 4.39 Å². The van der Waals surface area contributed by atoms with Gasteiger partial charge in [-0.15, -0.1) is 11.3 Å². The molecule has 4 aromatic rings. The third-order valence-electron chi connectivity index (χ3n) is 5.69. The molecular formula is C23H24FN7S. The summed E-state index contributed by atoms with van der Waals surface area (Å²) in [6.07, 6.45) is 3.86. The van der Waals surface area contributed by atoms with E-state index < -0.39 is 0 Å². The lowest BCUT2D eigenvalue weighted by Gasteiger charge is -2.20. The van der Waals surface area contributed by atoms with E-state index in [4.69, 9.17) is 9.97 Å². The zero-order chi connectivity index (χ0) is 22.1. The highest BCUT2D eigenvalue weighted by Gasteiger charge is 2.23. The van der Waals surface area contributed by atoms with E-state index in [0.29, 0.717) is 17.7 Å². The fourth-order valence-corrected chi connectivity index (χ4v) is 5.07. The molecule has 0 saturated carbocycles. The predicted molar refractivity (Wildman–Crippen MR) is 125 cm³/mol. The Morgan fingerprint density at radius 2 is 1.91 bits per heavy atom. The number of rotatable bonds is 5. The van der Waals surface area contributed by atoms with E-state index >= 15 is 0 Å². The van der Waals surface area contributed by atoms with Crippen molar-refractivity contribution in [3.05, 3.63) is 59.1 Å². The third-order valence-corrected chi connectivity index (χ3v) is 6.93. The van der Waals surface area contributed by atoms with Crippen LogP contribution < -0.4 is 10.6 Å². The highest BCUT2D eigenvalue weighted by atomic mass is 32.1. The molecule has 2 N–H and O–H groups in total. The van der Waals surface area contributed by atoms with Crippen LogP contribution in [0.1, 0.15) is 29.5 Å². The maximum atomic E-state index is 13.6. The first kappa shape index (κ1) is 20.7. The van der Waals surface area contributed by atoms with Crippen molar-refractivity contribution < 1.29 is 4.39 Å². The molecule has 5 rings (SSSR count). The zero-order valence-electron chi connectivity index (χ0n) is 18.0. The summed E-state index contributed by atoms with van der Waals surface area (Å²) in [4.78, 5) is 15.1. The van der Waals surface area contributed by atoms with Crippen molar-refractivity contribution in [2.45, 2.75) is 25.7 Å². The molecule has 7 nitrogen and oxygen atoms in total. The van der Waals surface area contributed by atoms with Crippen molar-refractivity contribution in [3.8, 4) is 21.8 Å². The molecule has 4 heterocycles. The fourth-order valence-electron chi connectivity index (χ4n) is 3.84. The van der Waals surface area contributed by atoms with Crippen molar-refractivity contribution in [2.75, 3.05) is 18.4 Å². The lowest BCUT2D eigenvalue weighted by atomic mass is 9.99. The van der Waals surface area contributed by atoms with Gasteiger partial charge < -0.3 is 10.6 Å². The molecule has 1 aromatic carbocycles. The molecule has 0 unspecified atom stereocenters. The number of nitrogens with zero attached hydrogens (tertiary/aromatic N) is 5. The van der Waals surface area contributed by atoms with Crippen molar-refractivity contribution in [2.24, 2.45) is 7.05 Å². The van der Waals surface area contributed by atoms with Crippen molar-refractivity contribution in [3.63, 3.8) is 0 Å². The Morgan fingerprint density at radius 1 is 1.12 bits per heavy atom. The number of benzene rings is 1. The van der Waals surface area contributed by atoms with Crippen LogP contribution in [0.4, 0.5) is 16.2 Å². The maximum absolute atomic E-state index is 13.6. The monoisotopic (exact) mass is 449 g/mol. The molecule has 1 aliphatic rings. The van der Waals surface area contributed by atoms with Crippen LogP contribution in [0.25, 0.3) is 21.8 Å². The molecule has 0 aliphatic carbocycles. The molecule has 1 saturated heterocycles. The molecule has 0 radical (unpaired) electrons. The minimum Gasteiger partial charge on any atom is -0.317 e. The Balaban J connectivity index is 1.53. The number of hydrogen-bond donors (Lipinski definition) is 2. The topological polar surface area (TPSA) is 80.6 Å². The van der Waals surface area contributed by atoms with Gasteiger partial charge in [0.15, 0.2) is 5.82 Å². The number of aryl methyl sites for hydroxylation is 2. The van der Waals surface area contributed by atoms with Crippen molar-refractivity contribution >= 4 is 23.1 Å². The van der Waals surface area contributed by atoms with Gasteiger partial charge in [0.05, 0.1) is 21.3 Å². The quantitative estimate of drug-likeness (QED) is 0.461. The van der Waals surface area contributed by atoms with E-state index in [0.717, 1.165) is 58.5 Å². The van der Waals surface area contributed by atoms with Gasteiger partial charge in [-0.3, -0.25) is 4.68 Å². The molecule has 9 heteroatoms. The summed E-state index contributed by atoms with van der Waals surface area (Å²) in [5.74, 6) is 1.33. The summed E-state index contributed by atoms with van der Waals surface area (Å²) in [5.41, 5.74) is 3.54. The van der Waals surface area contributed by atoms with E-state index in [1.807, 2.05) is 26.1 Å². The van der Waals surface area contributed by atoms with E-state index in [1.165, 1.54) is 12.1 Å². The average Bonchev–Trinajstić information content (AvgIpc) is 3.38. The van der Waals surface area contributed by atoms with Crippen molar-refractivity contribution in [1.29, 1.82) is 0 Å². The number of anilines is 2. The highest BCUT2D eigenvalue weighted by Crippen LogP contribution is 2.40. The van der Waals surface area contributed by atoms with Crippen LogP contribution in [0, 0.1) is 12.7 Å². The van der Waals surface area contributed by atoms with Crippen LogP contribution >= 0.6 is 11.3 Å².